The number of carbonyl (C=O) groups is 1. The van der Waals surface area contributed by atoms with Gasteiger partial charge in [-0.05, 0) is 18.2 Å². The van der Waals surface area contributed by atoms with Crippen LogP contribution in [0.3, 0.4) is 0 Å². The summed E-state index contributed by atoms with van der Waals surface area (Å²) in [5.41, 5.74) is 0.795. The first-order valence-electron chi connectivity index (χ1n) is 6.47. The van der Waals surface area contributed by atoms with E-state index >= 15 is 0 Å². The Morgan fingerprint density at radius 1 is 1.19 bits per heavy atom. The maximum atomic E-state index is 12.1. The monoisotopic (exact) mass is 331 g/mol. The first-order chi connectivity index (χ1) is 10.2. The minimum Gasteiger partial charge on any atom is -0.497 e. The lowest BCUT2D eigenvalue weighted by molar-refractivity contribution is -0.125. The van der Waals surface area contributed by atoms with Crippen molar-refractivity contribution in [3.63, 3.8) is 0 Å². The number of carbonyl (C=O) groups excluding carboxylic acids is 1. The molecule has 0 saturated carbocycles. The van der Waals surface area contributed by atoms with Crippen LogP contribution < -0.4 is 9.47 Å². The van der Waals surface area contributed by atoms with Gasteiger partial charge < -0.3 is 14.4 Å². The molecule has 1 amide bonds. The predicted molar refractivity (Wildman–Crippen MR) is 86.6 cm³/mol. The highest BCUT2D eigenvalue weighted by Crippen LogP contribution is 2.25. The van der Waals surface area contributed by atoms with E-state index in [1.807, 2.05) is 12.1 Å². The Morgan fingerprint density at radius 3 is 2.38 bits per heavy atom. The molecule has 0 aliphatic rings. The minimum atomic E-state index is -0.130. The fourth-order valence-corrected chi connectivity index (χ4v) is 2.17. The van der Waals surface area contributed by atoms with Gasteiger partial charge in [-0.1, -0.05) is 0 Å². The average molecular weight is 332 g/mol. The normalized spacial score (nSPS) is 10.7. The number of hydrogen-bond acceptors (Lipinski definition) is 3. The third kappa shape index (κ3) is 5.48. The summed E-state index contributed by atoms with van der Waals surface area (Å²) in [4.78, 5) is 13.7. The van der Waals surface area contributed by atoms with Gasteiger partial charge in [-0.15, -0.1) is 23.2 Å². The minimum absolute atomic E-state index is 0.130. The SMILES string of the molecule is COc1ccc(/C=C/C(=O)N(CCCl)CCCl)c(OC)c1. The number of rotatable bonds is 8. The maximum Gasteiger partial charge on any atom is 0.246 e. The largest absolute Gasteiger partial charge is 0.497 e. The Hall–Kier alpha value is -1.39. The van der Waals surface area contributed by atoms with Gasteiger partial charge in [0.2, 0.25) is 5.91 Å². The number of benzene rings is 1. The first-order valence-corrected chi connectivity index (χ1v) is 7.54. The second kappa shape index (κ2) is 9.53. The van der Waals surface area contributed by atoms with E-state index in [1.165, 1.54) is 6.08 Å². The summed E-state index contributed by atoms with van der Waals surface area (Å²) in [7, 11) is 3.16. The molecule has 0 radical (unpaired) electrons. The third-order valence-electron chi connectivity index (χ3n) is 2.87. The van der Waals surface area contributed by atoms with Crippen LogP contribution in [0.5, 0.6) is 11.5 Å². The summed E-state index contributed by atoms with van der Waals surface area (Å²) in [6.07, 6.45) is 3.19. The highest BCUT2D eigenvalue weighted by Gasteiger charge is 2.09. The number of hydrogen-bond donors (Lipinski definition) is 0. The molecule has 21 heavy (non-hydrogen) atoms. The van der Waals surface area contributed by atoms with Crippen LogP contribution in [0, 0.1) is 0 Å². The maximum absolute atomic E-state index is 12.1. The van der Waals surface area contributed by atoms with E-state index in [0.29, 0.717) is 36.3 Å². The second-order valence-electron chi connectivity index (χ2n) is 4.14. The van der Waals surface area contributed by atoms with E-state index in [0.717, 1.165) is 5.56 Å². The third-order valence-corrected chi connectivity index (χ3v) is 3.20. The Balaban J connectivity index is 2.85. The molecule has 1 rings (SSSR count). The van der Waals surface area contributed by atoms with Crippen molar-refractivity contribution in [3.05, 3.63) is 29.8 Å². The molecule has 116 valence electrons. The predicted octanol–water partition coefficient (Wildman–Crippen LogP) is 3.02. The van der Waals surface area contributed by atoms with Crippen LogP contribution in [-0.2, 0) is 4.79 Å². The highest BCUT2D eigenvalue weighted by molar-refractivity contribution is 6.18. The Kier molecular flexibility index (Phi) is 8.01. The summed E-state index contributed by atoms with van der Waals surface area (Å²) < 4.78 is 10.4. The van der Waals surface area contributed by atoms with Gasteiger partial charge >= 0.3 is 0 Å². The number of halogens is 2. The summed E-state index contributed by atoms with van der Waals surface area (Å²) in [6.45, 7) is 0.939. The molecule has 0 heterocycles. The van der Waals surface area contributed by atoms with E-state index in [4.69, 9.17) is 32.7 Å². The van der Waals surface area contributed by atoms with Crippen LogP contribution >= 0.6 is 23.2 Å². The zero-order valence-corrected chi connectivity index (χ0v) is 13.7. The molecule has 0 N–H and O–H groups in total. The number of ether oxygens (including phenoxy) is 2. The summed E-state index contributed by atoms with van der Waals surface area (Å²) >= 11 is 11.4. The molecule has 1 aromatic rings. The fourth-order valence-electron chi connectivity index (χ4n) is 1.76. The molecule has 0 fully saturated rings. The van der Waals surface area contributed by atoms with E-state index in [1.54, 1.807) is 31.3 Å². The molecule has 0 saturated heterocycles. The molecule has 0 aliphatic heterocycles. The van der Waals surface area contributed by atoms with Crippen molar-refractivity contribution >= 4 is 35.2 Å². The van der Waals surface area contributed by atoms with Gasteiger partial charge in [0.1, 0.15) is 11.5 Å². The lowest BCUT2D eigenvalue weighted by Gasteiger charge is -2.18. The molecule has 1 aromatic carbocycles. The molecule has 0 spiro atoms. The standard InChI is InChI=1S/C15H19Cl2NO3/c1-20-13-5-3-12(14(11-13)21-2)4-6-15(19)18(9-7-16)10-8-17/h3-6,11H,7-10H2,1-2H3/b6-4+. The molecule has 0 aromatic heterocycles. The summed E-state index contributed by atoms with van der Waals surface area (Å²) in [5, 5.41) is 0. The zero-order valence-electron chi connectivity index (χ0n) is 12.1. The average Bonchev–Trinajstić information content (AvgIpc) is 2.52. The van der Waals surface area contributed by atoms with Crippen molar-refractivity contribution in [1.82, 2.24) is 4.90 Å². The first kappa shape index (κ1) is 17.7. The van der Waals surface area contributed by atoms with E-state index in [9.17, 15) is 4.79 Å². The van der Waals surface area contributed by atoms with Gasteiger partial charge in [-0.2, -0.15) is 0 Å². The van der Waals surface area contributed by atoms with Crippen LogP contribution in [-0.4, -0.2) is 49.9 Å². The number of amides is 1. The number of nitrogens with zero attached hydrogens (tertiary/aromatic N) is 1. The summed E-state index contributed by atoms with van der Waals surface area (Å²) in [5.74, 6) is 1.96. The Labute approximate surface area is 135 Å². The number of methoxy groups -OCH3 is 2. The smallest absolute Gasteiger partial charge is 0.246 e. The second-order valence-corrected chi connectivity index (χ2v) is 4.90. The molecular formula is C15H19Cl2NO3. The van der Waals surface area contributed by atoms with Crippen LogP contribution in [0.2, 0.25) is 0 Å². The van der Waals surface area contributed by atoms with E-state index in [-0.39, 0.29) is 5.91 Å². The molecule has 0 bridgehead atoms. The Bertz CT molecular complexity index is 486. The van der Waals surface area contributed by atoms with Crippen molar-refractivity contribution in [3.8, 4) is 11.5 Å². The quantitative estimate of drug-likeness (QED) is 0.543. The molecule has 6 heteroatoms. The molecule has 4 nitrogen and oxygen atoms in total. The van der Waals surface area contributed by atoms with Gasteiger partial charge in [-0.3, -0.25) is 4.79 Å². The van der Waals surface area contributed by atoms with Crippen molar-refractivity contribution < 1.29 is 14.3 Å². The van der Waals surface area contributed by atoms with Crippen LogP contribution in [0.15, 0.2) is 24.3 Å². The van der Waals surface area contributed by atoms with Crippen LogP contribution in [0.1, 0.15) is 5.56 Å². The van der Waals surface area contributed by atoms with Gasteiger partial charge in [0, 0.05) is 42.6 Å². The number of alkyl halides is 2. The molecule has 0 unspecified atom stereocenters. The van der Waals surface area contributed by atoms with E-state index < -0.39 is 0 Å². The van der Waals surface area contributed by atoms with Crippen LogP contribution in [0.25, 0.3) is 6.08 Å². The Morgan fingerprint density at radius 2 is 1.86 bits per heavy atom. The van der Waals surface area contributed by atoms with Gasteiger partial charge in [0.25, 0.3) is 0 Å². The summed E-state index contributed by atoms with van der Waals surface area (Å²) in [6, 6.07) is 5.40. The van der Waals surface area contributed by atoms with Gasteiger partial charge in [0.05, 0.1) is 14.2 Å². The van der Waals surface area contributed by atoms with Gasteiger partial charge in [0.15, 0.2) is 0 Å². The van der Waals surface area contributed by atoms with Crippen molar-refractivity contribution in [2.45, 2.75) is 0 Å². The van der Waals surface area contributed by atoms with Crippen molar-refractivity contribution in [2.24, 2.45) is 0 Å². The van der Waals surface area contributed by atoms with Crippen molar-refractivity contribution in [1.29, 1.82) is 0 Å². The molecule has 0 aliphatic carbocycles. The zero-order chi connectivity index (χ0) is 15.7. The fraction of sp³-hybridized carbons (Fsp3) is 0.400. The molecular weight excluding hydrogens is 313 g/mol. The lowest BCUT2D eigenvalue weighted by Crippen LogP contribution is -2.33. The van der Waals surface area contributed by atoms with Crippen molar-refractivity contribution in [2.75, 3.05) is 39.1 Å². The lowest BCUT2D eigenvalue weighted by atomic mass is 10.1. The van der Waals surface area contributed by atoms with E-state index in [2.05, 4.69) is 0 Å². The highest BCUT2D eigenvalue weighted by atomic mass is 35.5. The van der Waals surface area contributed by atoms with Crippen LogP contribution in [0.4, 0.5) is 0 Å². The molecule has 0 atom stereocenters. The van der Waals surface area contributed by atoms with Gasteiger partial charge in [-0.25, -0.2) is 0 Å². The topological polar surface area (TPSA) is 38.8 Å².